The van der Waals surface area contributed by atoms with Crippen molar-refractivity contribution in [3.63, 3.8) is 0 Å². The highest BCUT2D eigenvalue weighted by Crippen LogP contribution is 2.28. The molecule has 0 aliphatic carbocycles. The van der Waals surface area contributed by atoms with Gasteiger partial charge in [0.25, 0.3) is 0 Å². The van der Waals surface area contributed by atoms with E-state index < -0.39 is 0 Å². The van der Waals surface area contributed by atoms with Gasteiger partial charge in [0.1, 0.15) is 12.1 Å². The second kappa shape index (κ2) is 6.38. The molecule has 0 amide bonds. The summed E-state index contributed by atoms with van der Waals surface area (Å²) < 4.78 is 5.58. The zero-order chi connectivity index (χ0) is 13.7. The number of hydrogen-bond donors (Lipinski definition) is 1. The number of nitrogens with one attached hydrogen (secondary N) is 1. The second-order valence-corrected chi connectivity index (χ2v) is 4.82. The summed E-state index contributed by atoms with van der Waals surface area (Å²) in [5.41, 5.74) is 1.95. The number of aromatic nitrogens is 2. The molecule has 0 fully saturated rings. The Labute approximate surface area is 117 Å². The molecular formula is C14H16ClN3O. The minimum absolute atomic E-state index is 0.109. The molecule has 0 saturated carbocycles. The van der Waals surface area contributed by atoms with Gasteiger partial charge in [-0.15, -0.1) is 0 Å². The summed E-state index contributed by atoms with van der Waals surface area (Å²) in [6, 6.07) is 5.66. The molecule has 1 aromatic heterocycles. The molecule has 0 aliphatic heterocycles. The van der Waals surface area contributed by atoms with Crippen LogP contribution in [0.1, 0.15) is 19.4 Å². The van der Waals surface area contributed by atoms with Crippen LogP contribution in [0.15, 0.2) is 36.9 Å². The molecular weight excluding hydrogens is 262 g/mol. The molecule has 0 spiro atoms. The van der Waals surface area contributed by atoms with Gasteiger partial charge in [-0.25, -0.2) is 9.97 Å². The predicted octanol–water partition coefficient (Wildman–Crippen LogP) is 3.53. The molecule has 5 heteroatoms. The van der Waals surface area contributed by atoms with E-state index in [1.54, 1.807) is 12.4 Å². The summed E-state index contributed by atoms with van der Waals surface area (Å²) in [5.74, 6) is 0.699. The van der Waals surface area contributed by atoms with E-state index in [4.69, 9.17) is 16.3 Å². The van der Waals surface area contributed by atoms with E-state index in [1.807, 2.05) is 32.0 Å². The maximum atomic E-state index is 6.17. The van der Waals surface area contributed by atoms with Crippen molar-refractivity contribution in [1.82, 2.24) is 9.97 Å². The van der Waals surface area contributed by atoms with Crippen molar-refractivity contribution in [1.29, 1.82) is 0 Å². The van der Waals surface area contributed by atoms with Crippen LogP contribution in [0, 0.1) is 0 Å². The normalized spacial score (nSPS) is 10.5. The molecule has 100 valence electrons. The van der Waals surface area contributed by atoms with Crippen LogP contribution in [0.4, 0.5) is 5.69 Å². The molecule has 4 nitrogen and oxygen atoms in total. The highest BCUT2D eigenvalue weighted by molar-refractivity contribution is 6.32. The van der Waals surface area contributed by atoms with Crippen molar-refractivity contribution in [2.24, 2.45) is 0 Å². The Bertz CT molecular complexity index is 531. The highest BCUT2D eigenvalue weighted by atomic mass is 35.5. The number of hydrogen-bond acceptors (Lipinski definition) is 4. The largest absolute Gasteiger partial charge is 0.489 e. The lowest BCUT2D eigenvalue weighted by atomic mass is 10.2. The summed E-state index contributed by atoms with van der Waals surface area (Å²) in [7, 11) is 0. The van der Waals surface area contributed by atoms with Gasteiger partial charge in [0.2, 0.25) is 0 Å². The molecule has 0 radical (unpaired) electrons. The van der Waals surface area contributed by atoms with E-state index in [0.717, 1.165) is 11.3 Å². The number of anilines is 1. The monoisotopic (exact) mass is 277 g/mol. The van der Waals surface area contributed by atoms with Gasteiger partial charge in [-0.3, -0.25) is 0 Å². The molecule has 0 aliphatic rings. The molecule has 1 aromatic carbocycles. The van der Waals surface area contributed by atoms with Crippen LogP contribution >= 0.6 is 11.6 Å². The van der Waals surface area contributed by atoms with Crippen LogP contribution in [-0.4, -0.2) is 16.1 Å². The van der Waals surface area contributed by atoms with Gasteiger partial charge >= 0.3 is 0 Å². The van der Waals surface area contributed by atoms with Gasteiger partial charge in [-0.2, -0.15) is 0 Å². The quantitative estimate of drug-likeness (QED) is 0.908. The molecule has 1 N–H and O–H groups in total. The Balaban J connectivity index is 2.00. The number of rotatable bonds is 5. The molecule has 2 rings (SSSR count). The second-order valence-electron chi connectivity index (χ2n) is 4.41. The van der Waals surface area contributed by atoms with Crippen molar-refractivity contribution in [3.8, 4) is 5.75 Å². The smallest absolute Gasteiger partial charge is 0.138 e. The fraction of sp³-hybridized carbons (Fsp3) is 0.286. The number of benzene rings is 1. The number of ether oxygens (including phenoxy) is 1. The van der Waals surface area contributed by atoms with E-state index in [0.29, 0.717) is 17.3 Å². The molecule has 0 bridgehead atoms. The lowest BCUT2D eigenvalue weighted by Crippen LogP contribution is -2.06. The van der Waals surface area contributed by atoms with Gasteiger partial charge in [-0.05, 0) is 32.0 Å². The van der Waals surface area contributed by atoms with E-state index in [2.05, 4.69) is 15.3 Å². The summed E-state index contributed by atoms with van der Waals surface area (Å²) in [5, 5.41) is 3.86. The van der Waals surface area contributed by atoms with Crippen LogP contribution in [0.2, 0.25) is 5.02 Å². The Morgan fingerprint density at radius 3 is 2.63 bits per heavy atom. The summed E-state index contributed by atoms with van der Waals surface area (Å²) in [4.78, 5) is 7.93. The van der Waals surface area contributed by atoms with Crippen LogP contribution in [0.25, 0.3) is 0 Å². The first-order chi connectivity index (χ1) is 9.15. The Hall–Kier alpha value is -1.81. The standard InChI is InChI=1S/C14H16ClN3O/c1-10(2)19-14-4-3-12(5-13(14)15)18-8-11-6-16-9-17-7-11/h3-7,9-10,18H,8H2,1-2H3. The lowest BCUT2D eigenvalue weighted by molar-refractivity contribution is 0.242. The average Bonchev–Trinajstić information content (AvgIpc) is 2.40. The van der Waals surface area contributed by atoms with Crippen molar-refractivity contribution < 1.29 is 4.74 Å². The molecule has 0 saturated heterocycles. The molecule has 0 unspecified atom stereocenters. The van der Waals surface area contributed by atoms with Crippen molar-refractivity contribution in [2.45, 2.75) is 26.5 Å². The topological polar surface area (TPSA) is 47.0 Å². The zero-order valence-electron chi connectivity index (χ0n) is 10.9. The molecule has 1 heterocycles. The first-order valence-electron chi connectivity index (χ1n) is 6.09. The molecule has 0 atom stereocenters. The summed E-state index contributed by atoms with van der Waals surface area (Å²) in [6.45, 7) is 4.59. The van der Waals surface area contributed by atoms with E-state index in [-0.39, 0.29) is 6.10 Å². The van der Waals surface area contributed by atoms with Crippen molar-refractivity contribution >= 4 is 17.3 Å². The van der Waals surface area contributed by atoms with E-state index in [1.165, 1.54) is 6.33 Å². The summed E-state index contributed by atoms with van der Waals surface area (Å²) in [6.07, 6.45) is 5.17. The van der Waals surface area contributed by atoms with Crippen molar-refractivity contribution in [3.05, 3.63) is 47.5 Å². The third kappa shape index (κ3) is 4.10. The molecule has 19 heavy (non-hydrogen) atoms. The number of nitrogens with zero attached hydrogens (tertiary/aromatic N) is 2. The minimum Gasteiger partial charge on any atom is -0.489 e. The van der Waals surface area contributed by atoms with Crippen LogP contribution in [0.3, 0.4) is 0 Å². The van der Waals surface area contributed by atoms with Crippen LogP contribution in [0.5, 0.6) is 5.75 Å². The van der Waals surface area contributed by atoms with Gasteiger partial charge in [0.15, 0.2) is 0 Å². The summed E-state index contributed by atoms with van der Waals surface area (Å²) >= 11 is 6.17. The fourth-order valence-electron chi connectivity index (χ4n) is 1.59. The zero-order valence-corrected chi connectivity index (χ0v) is 11.7. The predicted molar refractivity (Wildman–Crippen MR) is 76.6 cm³/mol. The Morgan fingerprint density at radius 2 is 2.00 bits per heavy atom. The Morgan fingerprint density at radius 1 is 1.26 bits per heavy atom. The van der Waals surface area contributed by atoms with Crippen LogP contribution < -0.4 is 10.1 Å². The third-order valence-corrected chi connectivity index (χ3v) is 2.70. The maximum absolute atomic E-state index is 6.17. The maximum Gasteiger partial charge on any atom is 0.138 e. The van der Waals surface area contributed by atoms with Gasteiger partial charge in [0.05, 0.1) is 11.1 Å². The molecule has 2 aromatic rings. The van der Waals surface area contributed by atoms with E-state index >= 15 is 0 Å². The fourth-order valence-corrected chi connectivity index (χ4v) is 1.81. The van der Waals surface area contributed by atoms with E-state index in [9.17, 15) is 0 Å². The first-order valence-corrected chi connectivity index (χ1v) is 6.47. The third-order valence-electron chi connectivity index (χ3n) is 2.41. The van der Waals surface area contributed by atoms with Gasteiger partial charge in [0, 0.05) is 30.2 Å². The van der Waals surface area contributed by atoms with Crippen molar-refractivity contribution in [2.75, 3.05) is 5.32 Å². The van der Waals surface area contributed by atoms with Gasteiger partial charge < -0.3 is 10.1 Å². The van der Waals surface area contributed by atoms with Crippen LogP contribution in [-0.2, 0) is 6.54 Å². The average molecular weight is 278 g/mol. The minimum atomic E-state index is 0.109. The Kier molecular flexibility index (Phi) is 4.58. The lowest BCUT2D eigenvalue weighted by Gasteiger charge is -2.13. The van der Waals surface area contributed by atoms with Gasteiger partial charge in [-0.1, -0.05) is 11.6 Å². The SMILES string of the molecule is CC(C)Oc1ccc(NCc2cncnc2)cc1Cl. The highest BCUT2D eigenvalue weighted by Gasteiger charge is 2.05. The first kappa shape index (κ1) is 13.6. The number of halogens is 1.